The maximum Gasteiger partial charge on any atom is 0.161 e. The molecule has 0 unspecified atom stereocenters. The van der Waals surface area contributed by atoms with Crippen LogP contribution < -0.4 is 14.2 Å². The Bertz CT molecular complexity index is 872. The number of rotatable bonds is 7. The Kier molecular flexibility index (Phi) is 6.15. The predicted molar refractivity (Wildman–Crippen MR) is 109 cm³/mol. The van der Waals surface area contributed by atoms with Crippen molar-refractivity contribution in [2.24, 2.45) is 11.8 Å². The molecule has 2 aliphatic heterocycles. The van der Waals surface area contributed by atoms with Gasteiger partial charge in [-0.05, 0) is 34.9 Å². The van der Waals surface area contributed by atoms with E-state index in [-0.39, 0.29) is 37.3 Å². The third-order valence-electron chi connectivity index (χ3n) is 6.20. The molecule has 2 saturated heterocycles. The van der Waals surface area contributed by atoms with Crippen molar-refractivity contribution in [1.29, 1.82) is 0 Å². The normalized spacial score (nSPS) is 25.2. The molecule has 2 heterocycles. The summed E-state index contributed by atoms with van der Waals surface area (Å²) in [7, 11) is 4.80. The van der Waals surface area contributed by atoms with Crippen molar-refractivity contribution < 1.29 is 33.9 Å². The topological polar surface area (TPSA) is 86.6 Å². The van der Waals surface area contributed by atoms with Gasteiger partial charge in [0, 0.05) is 17.4 Å². The zero-order valence-electron chi connectivity index (χ0n) is 17.5. The van der Waals surface area contributed by atoms with Crippen LogP contribution in [0.4, 0.5) is 0 Å². The number of methoxy groups -OCH3 is 3. The van der Waals surface area contributed by atoms with Gasteiger partial charge in [0.25, 0.3) is 0 Å². The minimum atomic E-state index is -0.193. The molecule has 7 nitrogen and oxygen atoms in total. The van der Waals surface area contributed by atoms with E-state index in [4.69, 9.17) is 23.7 Å². The Morgan fingerprint density at radius 2 is 1.37 bits per heavy atom. The van der Waals surface area contributed by atoms with E-state index in [9.17, 15) is 10.2 Å². The lowest BCUT2D eigenvalue weighted by Crippen LogP contribution is -2.15. The number of fused-ring (bicyclic) bond motifs is 1. The van der Waals surface area contributed by atoms with Crippen LogP contribution in [0.5, 0.6) is 17.2 Å². The first-order valence-electron chi connectivity index (χ1n) is 10.0. The summed E-state index contributed by atoms with van der Waals surface area (Å²) in [6.45, 7) is 0.785. The van der Waals surface area contributed by atoms with Gasteiger partial charge in [0.05, 0.1) is 60.0 Å². The van der Waals surface area contributed by atoms with Crippen LogP contribution in [-0.4, -0.2) is 44.8 Å². The van der Waals surface area contributed by atoms with E-state index < -0.39 is 0 Å². The molecule has 0 radical (unpaired) electrons. The number of ether oxygens (including phenoxy) is 5. The second kappa shape index (κ2) is 8.81. The van der Waals surface area contributed by atoms with Crippen LogP contribution in [0.3, 0.4) is 0 Å². The molecular weight excluding hydrogens is 388 g/mol. The lowest BCUT2D eigenvalue weighted by Gasteiger charge is -2.20. The lowest BCUT2D eigenvalue weighted by atomic mass is 9.84. The number of hydrogen-bond acceptors (Lipinski definition) is 7. The van der Waals surface area contributed by atoms with Gasteiger partial charge in [-0.3, -0.25) is 0 Å². The van der Waals surface area contributed by atoms with Gasteiger partial charge in [-0.25, -0.2) is 0 Å². The molecule has 2 fully saturated rings. The van der Waals surface area contributed by atoms with Crippen LogP contribution >= 0.6 is 0 Å². The van der Waals surface area contributed by atoms with Crippen LogP contribution in [0, 0.1) is 11.8 Å². The van der Waals surface area contributed by atoms with Crippen molar-refractivity contribution in [3.63, 3.8) is 0 Å². The first kappa shape index (κ1) is 20.9. The summed E-state index contributed by atoms with van der Waals surface area (Å²) >= 11 is 0. The second-order valence-corrected chi connectivity index (χ2v) is 7.63. The van der Waals surface area contributed by atoms with E-state index in [0.29, 0.717) is 41.6 Å². The molecule has 0 amide bonds. The number of aliphatic hydroxyl groups excluding tert-OH is 2. The largest absolute Gasteiger partial charge is 0.496 e. The number of hydrogen-bond donors (Lipinski definition) is 2. The quantitative estimate of drug-likeness (QED) is 0.718. The molecule has 4 rings (SSSR count). The fourth-order valence-electron chi connectivity index (χ4n) is 4.66. The molecule has 0 saturated carbocycles. The van der Waals surface area contributed by atoms with Crippen molar-refractivity contribution in [1.82, 2.24) is 0 Å². The van der Waals surface area contributed by atoms with Gasteiger partial charge in [-0.15, -0.1) is 0 Å². The third-order valence-corrected chi connectivity index (χ3v) is 6.20. The minimum Gasteiger partial charge on any atom is -0.496 e. The molecule has 2 N–H and O–H groups in total. The predicted octanol–water partition coefficient (Wildman–Crippen LogP) is 2.77. The van der Waals surface area contributed by atoms with E-state index in [1.165, 1.54) is 0 Å². The monoisotopic (exact) mass is 416 g/mol. The highest BCUT2D eigenvalue weighted by Gasteiger charge is 2.48. The van der Waals surface area contributed by atoms with Gasteiger partial charge in [0.1, 0.15) is 5.75 Å². The van der Waals surface area contributed by atoms with Crippen molar-refractivity contribution >= 4 is 0 Å². The Labute approximate surface area is 176 Å². The zero-order chi connectivity index (χ0) is 21.3. The summed E-state index contributed by atoms with van der Waals surface area (Å²) in [5.74, 6) is 2.30. The first-order chi connectivity index (χ1) is 14.6. The van der Waals surface area contributed by atoms with E-state index >= 15 is 0 Å². The van der Waals surface area contributed by atoms with Gasteiger partial charge in [-0.2, -0.15) is 0 Å². The average molecular weight is 416 g/mol. The van der Waals surface area contributed by atoms with Crippen LogP contribution in [0.15, 0.2) is 30.3 Å². The fraction of sp³-hybridized carbons (Fsp3) is 0.478. The molecule has 4 atom stereocenters. The smallest absolute Gasteiger partial charge is 0.161 e. The van der Waals surface area contributed by atoms with Crippen molar-refractivity contribution in [3.8, 4) is 17.2 Å². The Morgan fingerprint density at radius 3 is 1.93 bits per heavy atom. The molecule has 7 heteroatoms. The molecule has 0 aliphatic carbocycles. The lowest BCUT2D eigenvalue weighted by molar-refractivity contribution is 0.0191. The highest BCUT2D eigenvalue weighted by Crippen LogP contribution is 2.51. The van der Waals surface area contributed by atoms with Crippen LogP contribution in [-0.2, 0) is 22.7 Å². The summed E-state index contributed by atoms with van der Waals surface area (Å²) in [5, 5.41) is 19.4. The summed E-state index contributed by atoms with van der Waals surface area (Å²) in [6.07, 6.45) is -0.247. The Balaban J connectivity index is 1.61. The van der Waals surface area contributed by atoms with Gasteiger partial charge in [-0.1, -0.05) is 12.1 Å². The summed E-state index contributed by atoms with van der Waals surface area (Å²) < 4.78 is 28.6. The SMILES string of the molecule is COc1ccc([C@@H]2OC[C@H]3[C@@H]2CO[C@@H]3c2cc(CO)c(CO)c(OC)c2)cc1OC. The average Bonchev–Trinajstić information content (AvgIpc) is 3.39. The van der Waals surface area contributed by atoms with E-state index in [2.05, 4.69) is 0 Å². The first-order valence-corrected chi connectivity index (χ1v) is 10.0. The van der Waals surface area contributed by atoms with Crippen LogP contribution in [0.25, 0.3) is 0 Å². The highest BCUT2D eigenvalue weighted by atomic mass is 16.5. The maximum absolute atomic E-state index is 9.75. The molecule has 30 heavy (non-hydrogen) atoms. The maximum atomic E-state index is 9.75. The summed E-state index contributed by atoms with van der Waals surface area (Å²) in [5.41, 5.74) is 3.21. The highest BCUT2D eigenvalue weighted by molar-refractivity contribution is 5.46. The molecule has 2 aromatic carbocycles. The Morgan fingerprint density at radius 1 is 0.767 bits per heavy atom. The van der Waals surface area contributed by atoms with Gasteiger partial charge in [0.2, 0.25) is 0 Å². The Hall–Kier alpha value is -2.32. The van der Waals surface area contributed by atoms with Crippen molar-refractivity contribution in [2.45, 2.75) is 25.4 Å². The summed E-state index contributed by atoms with van der Waals surface area (Å²) in [4.78, 5) is 0. The van der Waals surface area contributed by atoms with E-state index in [1.54, 1.807) is 21.3 Å². The van der Waals surface area contributed by atoms with Gasteiger partial charge in [0.15, 0.2) is 11.5 Å². The molecule has 2 aliphatic rings. The number of benzene rings is 2. The van der Waals surface area contributed by atoms with Gasteiger partial charge < -0.3 is 33.9 Å². The van der Waals surface area contributed by atoms with Gasteiger partial charge >= 0.3 is 0 Å². The van der Waals surface area contributed by atoms with Crippen LogP contribution in [0.2, 0.25) is 0 Å². The molecule has 0 spiro atoms. The third kappa shape index (κ3) is 3.52. The van der Waals surface area contributed by atoms with E-state index in [1.807, 2.05) is 30.3 Å². The van der Waals surface area contributed by atoms with Crippen LogP contribution in [0.1, 0.15) is 34.5 Å². The molecule has 0 bridgehead atoms. The molecule has 2 aromatic rings. The second-order valence-electron chi connectivity index (χ2n) is 7.63. The summed E-state index contributed by atoms with van der Waals surface area (Å²) in [6, 6.07) is 9.64. The molecular formula is C23H28O7. The fourth-order valence-corrected chi connectivity index (χ4v) is 4.66. The van der Waals surface area contributed by atoms with E-state index in [0.717, 1.165) is 11.1 Å². The molecule has 0 aromatic heterocycles. The minimum absolute atomic E-state index is 0.0873. The standard InChI is InChI=1S/C23H28O7/c1-26-19-5-4-13(7-21(19)28-3)22-17-11-30-23(18(17)12-29-22)14-6-15(9-24)16(10-25)20(8-14)27-2/h4-8,17-18,22-25H,9-12H2,1-3H3/t17-,18-,22-,23+/m0/s1. The molecule has 162 valence electrons. The van der Waals surface area contributed by atoms with Crippen molar-refractivity contribution in [2.75, 3.05) is 34.5 Å². The van der Waals surface area contributed by atoms with Crippen molar-refractivity contribution in [3.05, 3.63) is 52.6 Å². The number of aliphatic hydroxyl groups is 2. The zero-order valence-corrected chi connectivity index (χ0v) is 17.5.